The highest BCUT2D eigenvalue weighted by molar-refractivity contribution is 5.89. The lowest BCUT2D eigenvalue weighted by molar-refractivity contribution is -0.144. The van der Waals surface area contributed by atoms with E-state index in [1.54, 1.807) is 16.8 Å². The summed E-state index contributed by atoms with van der Waals surface area (Å²) >= 11 is 0. The van der Waals surface area contributed by atoms with E-state index in [9.17, 15) is 23.2 Å². The summed E-state index contributed by atoms with van der Waals surface area (Å²) in [4.78, 5) is 68.0. The van der Waals surface area contributed by atoms with Crippen LogP contribution in [0.4, 0.5) is 26.6 Å². The Morgan fingerprint density at radius 2 is 1.69 bits per heavy atom. The van der Waals surface area contributed by atoms with Crippen LogP contribution in [0.2, 0.25) is 0 Å². The van der Waals surface area contributed by atoms with Crippen LogP contribution in [0.1, 0.15) is 25.0 Å². The number of nitrogens with zero attached hydrogens (tertiary/aromatic N) is 10. The predicted molar refractivity (Wildman–Crippen MR) is 159 cm³/mol. The third-order valence-corrected chi connectivity index (χ3v) is 8.11. The molecule has 5 heterocycles. The van der Waals surface area contributed by atoms with Crippen LogP contribution in [0, 0.1) is 5.92 Å². The molecule has 1 atom stereocenters. The molecule has 242 valence electrons. The van der Waals surface area contributed by atoms with Gasteiger partial charge in [-0.3, -0.25) is 14.4 Å². The van der Waals surface area contributed by atoms with Crippen molar-refractivity contribution in [2.75, 3.05) is 94.7 Å². The number of halogens is 2. The van der Waals surface area contributed by atoms with Gasteiger partial charge in [0.25, 0.3) is 6.43 Å². The highest BCUT2D eigenvalue weighted by Gasteiger charge is 2.32. The molecule has 2 aromatic rings. The fraction of sp³-hybridized carbons (Fsp3) is 0.571. The van der Waals surface area contributed by atoms with Gasteiger partial charge in [-0.15, -0.1) is 0 Å². The van der Waals surface area contributed by atoms with Crippen LogP contribution in [-0.2, 0) is 19.1 Å². The van der Waals surface area contributed by atoms with E-state index >= 15 is 0 Å². The van der Waals surface area contributed by atoms with Gasteiger partial charge in [0.1, 0.15) is 5.69 Å². The molecular weight excluding hydrogens is 592 g/mol. The monoisotopic (exact) mass is 629 g/mol. The number of piperidine rings is 1. The zero-order chi connectivity index (χ0) is 32.1. The first-order valence-electron chi connectivity index (χ1n) is 14.8. The van der Waals surface area contributed by atoms with Gasteiger partial charge in [0.05, 0.1) is 31.2 Å². The molecule has 3 fully saturated rings. The highest BCUT2D eigenvalue weighted by Crippen LogP contribution is 2.30. The second kappa shape index (κ2) is 14.0. The summed E-state index contributed by atoms with van der Waals surface area (Å²) in [6.07, 6.45) is 0.860. The molecule has 0 unspecified atom stereocenters. The van der Waals surface area contributed by atoms with Crippen molar-refractivity contribution >= 4 is 35.6 Å². The number of hydrogen-bond donors (Lipinski definition) is 1. The number of alkyl halides is 2. The van der Waals surface area contributed by atoms with Crippen molar-refractivity contribution in [3.8, 4) is 11.4 Å². The summed E-state index contributed by atoms with van der Waals surface area (Å²) < 4.78 is 33.2. The molecule has 3 aliphatic heterocycles. The van der Waals surface area contributed by atoms with Crippen molar-refractivity contribution in [1.29, 1.82) is 0 Å². The van der Waals surface area contributed by atoms with Gasteiger partial charge in [-0.1, -0.05) is 6.58 Å². The summed E-state index contributed by atoms with van der Waals surface area (Å²) in [5, 5.41) is 0. The second-order valence-corrected chi connectivity index (χ2v) is 11.1. The molecule has 2 N–H and O–H groups in total. The first-order valence-corrected chi connectivity index (χ1v) is 14.8. The third-order valence-electron chi connectivity index (χ3n) is 8.11. The van der Waals surface area contributed by atoms with Crippen LogP contribution in [0.5, 0.6) is 0 Å². The Morgan fingerprint density at radius 1 is 1.02 bits per heavy atom. The molecule has 45 heavy (non-hydrogen) atoms. The van der Waals surface area contributed by atoms with Crippen molar-refractivity contribution in [2.45, 2.75) is 19.3 Å². The second-order valence-electron chi connectivity index (χ2n) is 11.1. The number of ether oxygens (including phenoxy) is 1. The van der Waals surface area contributed by atoms with Gasteiger partial charge in [-0.05, 0) is 18.9 Å². The van der Waals surface area contributed by atoms with E-state index in [4.69, 9.17) is 10.5 Å². The highest BCUT2D eigenvalue weighted by atomic mass is 19.3. The van der Waals surface area contributed by atoms with E-state index in [1.807, 2.05) is 9.80 Å². The maximum Gasteiger partial charge on any atom is 0.281 e. The average Bonchev–Trinajstić information content (AvgIpc) is 3.07. The molecule has 17 heteroatoms. The van der Waals surface area contributed by atoms with Gasteiger partial charge >= 0.3 is 0 Å². The van der Waals surface area contributed by atoms with E-state index < -0.39 is 12.1 Å². The van der Waals surface area contributed by atoms with E-state index in [-0.39, 0.29) is 53.5 Å². The molecule has 3 aliphatic rings. The minimum absolute atomic E-state index is 0.00787. The van der Waals surface area contributed by atoms with Crippen molar-refractivity contribution in [2.24, 2.45) is 5.92 Å². The molecule has 3 amide bonds. The summed E-state index contributed by atoms with van der Waals surface area (Å²) in [6, 6.07) is 0. The molecule has 0 aromatic carbocycles. The van der Waals surface area contributed by atoms with Crippen LogP contribution in [0.25, 0.3) is 11.4 Å². The summed E-state index contributed by atoms with van der Waals surface area (Å²) in [5.74, 6) is -0.660. The standard InChI is InChI=1S/C28H37F2N11O4/c1-3-20(42)41-6-4-5-18(16-41)25(44)37(2)17-21(43)38-7-9-39(10-8-38)27-34-24(19-15-32-26(31)33-22(19)23(29)30)35-28(36-27)40-11-13-45-14-12-40/h3,15,18,23H,1,4-14,16-17H2,2H3,(H2,31,32,33)/t18-/m1/s1. The Bertz CT molecular complexity index is 1420. The summed E-state index contributed by atoms with van der Waals surface area (Å²) in [5.41, 5.74) is 4.95. The number of carbonyl (C=O) groups excluding carboxylic acids is 3. The number of hydrogen-bond acceptors (Lipinski definition) is 12. The van der Waals surface area contributed by atoms with Gasteiger partial charge in [0.15, 0.2) is 5.82 Å². The molecule has 0 bridgehead atoms. The zero-order valence-corrected chi connectivity index (χ0v) is 25.1. The smallest absolute Gasteiger partial charge is 0.281 e. The number of morpholine rings is 1. The molecule has 0 saturated carbocycles. The fourth-order valence-corrected chi connectivity index (χ4v) is 5.62. The molecule has 0 aliphatic carbocycles. The number of rotatable bonds is 8. The Labute approximate surface area is 259 Å². The van der Waals surface area contributed by atoms with Gasteiger partial charge in [0, 0.05) is 65.6 Å². The van der Waals surface area contributed by atoms with E-state index in [1.165, 1.54) is 17.2 Å². The number of likely N-dealkylation sites (N-methyl/N-ethyl adjacent to an activating group) is 1. The zero-order valence-electron chi connectivity index (χ0n) is 25.1. The molecule has 15 nitrogen and oxygen atoms in total. The van der Waals surface area contributed by atoms with Crippen LogP contribution in [-0.4, -0.2) is 137 Å². The number of anilines is 3. The number of piperazine rings is 1. The van der Waals surface area contributed by atoms with E-state index in [0.717, 1.165) is 0 Å². The fourth-order valence-electron chi connectivity index (χ4n) is 5.62. The molecule has 0 spiro atoms. The largest absolute Gasteiger partial charge is 0.378 e. The lowest BCUT2D eigenvalue weighted by Gasteiger charge is -2.37. The quantitative estimate of drug-likeness (QED) is 0.395. The van der Waals surface area contributed by atoms with E-state index in [0.29, 0.717) is 84.4 Å². The lowest BCUT2D eigenvalue weighted by atomic mass is 9.96. The first-order chi connectivity index (χ1) is 21.6. The summed E-state index contributed by atoms with van der Waals surface area (Å²) in [7, 11) is 1.60. The lowest BCUT2D eigenvalue weighted by Crippen LogP contribution is -2.53. The molecule has 3 saturated heterocycles. The van der Waals surface area contributed by atoms with Gasteiger partial charge in [-0.2, -0.15) is 15.0 Å². The van der Waals surface area contributed by atoms with Gasteiger partial charge < -0.3 is 35.0 Å². The minimum atomic E-state index is -2.93. The Morgan fingerprint density at radius 3 is 2.33 bits per heavy atom. The number of likely N-dealkylation sites (tertiary alicyclic amines) is 1. The number of carbonyl (C=O) groups is 3. The Hall–Kier alpha value is -4.54. The van der Waals surface area contributed by atoms with Crippen molar-refractivity contribution < 1.29 is 27.9 Å². The maximum atomic E-state index is 13.9. The number of aromatic nitrogens is 5. The summed E-state index contributed by atoms with van der Waals surface area (Å²) in [6.45, 7) is 7.71. The maximum absolute atomic E-state index is 13.9. The molecule has 0 radical (unpaired) electrons. The van der Waals surface area contributed by atoms with Crippen LogP contribution >= 0.6 is 0 Å². The van der Waals surface area contributed by atoms with Crippen molar-refractivity contribution in [3.05, 3.63) is 24.5 Å². The number of nitrogens with two attached hydrogens (primary N) is 1. The number of nitrogen functional groups attached to an aromatic ring is 1. The first kappa shape index (κ1) is 31.9. The van der Waals surface area contributed by atoms with Crippen LogP contribution in [0.15, 0.2) is 18.9 Å². The third kappa shape index (κ3) is 7.41. The normalized spacial score (nSPS) is 19.1. The van der Waals surface area contributed by atoms with Gasteiger partial charge in [0.2, 0.25) is 35.6 Å². The van der Waals surface area contributed by atoms with E-state index in [2.05, 4.69) is 31.5 Å². The van der Waals surface area contributed by atoms with Crippen molar-refractivity contribution in [3.63, 3.8) is 0 Å². The van der Waals surface area contributed by atoms with Crippen molar-refractivity contribution in [1.82, 2.24) is 39.6 Å². The van der Waals surface area contributed by atoms with Crippen LogP contribution in [0.3, 0.4) is 0 Å². The average molecular weight is 630 g/mol. The molecular formula is C28H37F2N11O4. The number of amides is 3. The Balaban J connectivity index is 1.27. The molecule has 2 aromatic heterocycles. The Kier molecular flexibility index (Phi) is 9.95. The molecule has 5 rings (SSSR count). The van der Waals surface area contributed by atoms with Crippen LogP contribution < -0.4 is 15.5 Å². The van der Waals surface area contributed by atoms with Gasteiger partial charge in [-0.25, -0.2) is 18.7 Å². The topological polar surface area (TPSA) is 167 Å². The predicted octanol–water partition coefficient (Wildman–Crippen LogP) is 0.217. The SMILES string of the molecule is C=CC(=O)N1CCC[C@@H](C(=O)N(C)CC(=O)N2CCN(c3nc(-c4cnc(N)nc4C(F)F)nc(N4CCOCC4)n3)CC2)C1. The minimum Gasteiger partial charge on any atom is -0.378 e.